The molecule has 128 valence electrons. The van der Waals surface area contributed by atoms with Gasteiger partial charge in [0.15, 0.2) is 0 Å². The molecule has 0 aromatic carbocycles. The monoisotopic (exact) mass is 357 g/mol. The van der Waals surface area contributed by atoms with Gasteiger partial charge in [0.2, 0.25) is 0 Å². The second kappa shape index (κ2) is 7.11. The smallest absolute Gasteiger partial charge is 0.253 e. The van der Waals surface area contributed by atoms with Crippen LogP contribution in [0.25, 0.3) is 11.4 Å². The molecule has 0 unspecified atom stereocenters. The highest BCUT2D eigenvalue weighted by Crippen LogP contribution is 2.33. The van der Waals surface area contributed by atoms with Crippen LogP contribution >= 0.6 is 21.6 Å². The Morgan fingerprint density at radius 3 is 2.61 bits per heavy atom. The first-order valence-electron chi connectivity index (χ1n) is 7.31. The highest BCUT2D eigenvalue weighted by atomic mass is 35.5. The van der Waals surface area contributed by atoms with Crippen LogP contribution < -0.4 is 5.56 Å². The van der Waals surface area contributed by atoms with E-state index in [-0.39, 0.29) is 5.56 Å². The number of imidazole rings is 1. The van der Waals surface area contributed by atoms with Crippen molar-refractivity contribution in [2.45, 2.75) is 13.7 Å². The first kappa shape index (κ1) is 18.1. The maximum atomic E-state index is 11.8. The van der Waals surface area contributed by atoms with Crippen molar-refractivity contribution in [3.8, 4) is 11.4 Å². The molecule has 0 aliphatic heterocycles. The molecule has 0 atom stereocenters. The zero-order valence-electron chi connectivity index (χ0n) is 14.3. The Hall–Kier alpha value is -1.24. The highest BCUT2D eigenvalue weighted by Gasteiger charge is 2.12. The van der Waals surface area contributed by atoms with Gasteiger partial charge in [-0.25, -0.2) is 15.0 Å². The summed E-state index contributed by atoms with van der Waals surface area (Å²) in [6, 6.07) is 1.83. The number of hydrogen-bond donors (Lipinski definition) is 0. The van der Waals surface area contributed by atoms with E-state index in [0.717, 1.165) is 11.3 Å². The Balaban J connectivity index is 2.19. The number of rotatable bonds is 6. The lowest BCUT2D eigenvalue weighted by Gasteiger charge is -2.24. The van der Waals surface area contributed by atoms with Gasteiger partial charge in [0, 0.05) is 36.3 Å². The number of halogens is 1. The van der Waals surface area contributed by atoms with Crippen LogP contribution in [0.4, 0.5) is 0 Å². The summed E-state index contributed by atoms with van der Waals surface area (Å²) >= 11 is 6.06. The van der Waals surface area contributed by atoms with Crippen LogP contribution in [-0.2, 0) is 18.5 Å². The van der Waals surface area contributed by atoms with Crippen molar-refractivity contribution in [3.63, 3.8) is 0 Å². The third-order valence-corrected chi connectivity index (χ3v) is 5.01. The molecule has 0 bridgehead atoms. The number of ether oxygens (including phenoxy) is 1. The second-order valence-electron chi connectivity index (χ2n) is 6.52. The molecule has 0 aliphatic carbocycles. The topological polar surface area (TPSA) is 49.0 Å². The van der Waals surface area contributed by atoms with Gasteiger partial charge in [0.1, 0.15) is 17.7 Å². The largest absolute Gasteiger partial charge is 0.360 e. The van der Waals surface area contributed by atoms with Crippen LogP contribution in [0.5, 0.6) is 0 Å². The zero-order chi connectivity index (χ0) is 17.2. The molecule has 7 heteroatoms. The molecule has 2 heterocycles. The fourth-order valence-corrected chi connectivity index (χ4v) is 3.00. The summed E-state index contributed by atoms with van der Waals surface area (Å²) in [5, 5.41) is 0.413. The average Bonchev–Trinajstić information content (AvgIpc) is 2.80. The molecule has 23 heavy (non-hydrogen) atoms. The number of hydrogen-bond acceptors (Lipinski definition) is 3. The van der Waals surface area contributed by atoms with E-state index in [9.17, 15) is 4.79 Å². The Morgan fingerprint density at radius 2 is 2.00 bits per heavy atom. The molecule has 0 fully saturated rings. The first-order valence-corrected chi connectivity index (χ1v) is 10.7. The van der Waals surface area contributed by atoms with Crippen LogP contribution in [0.1, 0.15) is 5.56 Å². The van der Waals surface area contributed by atoms with Gasteiger partial charge in [-0.3, -0.25) is 4.79 Å². The van der Waals surface area contributed by atoms with Gasteiger partial charge in [-0.15, -0.1) is 0 Å². The third-order valence-electron chi connectivity index (χ3n) is 3.44. The normalized spacial score (nSPS) is 12.6. The van der Waals surface area contributed by atoms with Crippen LogP contribution in [0.2, 0.25) is 5.15 Å². The number of aromatic nitrogens is 3. The molecular formula is C16H24ClN3O2S. The van der Waals surface area contributed by atoms with E-state index in [1.165, 1.54) is 0 Å². The zero-order valence-corrected chi connectivity index (χ0v) is 15.9. The number of aryl methyl sites for hydroxylation is 2. The molecular weight excluding hydrogens is 334 g/mol. The maximum absolute atomic E-state index is 11.8. The van der Waals surface area contributed by atoms with Crippen molar-refractivity contribution in [1.82, 2.24) is 14.1 Å². The molecule has 0 N–H and O–H groups in total. The Morgan fingerprint density at radius 1 is 1.30 bits per heavy atom. The summed E-state index contributed by atoms with van der Waals surface area (Å²) < 4.78 is 9.20. The highest BCUT2D eigenvalue weighted by molar-refractivity contribution is 8.32. The van der Waals surface area contributed by atoms with Crippen molar-refractivity contribution in [3.05, 3.63) is 39.5 Å². The van der Waals surface area contributed by atoms with Crippen molar-refractivity contribution in [1.29, 1.82) is 0 Å². The lowest BCUT2D eigenvalue weighted by Crippen LogP contribution is -2.19. The van der Waals surface area contributed by atoms with Crippen LogP contribution in [-0.4, -0.2) is 45.2 Å². The summed E-state index contributed by atoms with van der Waals surface area (Å²) in [6.45, 7) is 2.90. The minimum atomic E-state index is -0.566. The van der Waals surface area contributed by atoms with Gasteiger partial charge < -0.3 is 13.9 Å². The summed E-state index contributed by atoms with van der Waals surface area (Å²) in [5.41, 5.74) is 1.51. The predicted octanol–water partition coefficient (Wildman–Crippen LogP) is 2.88. The van der Waals surface area contributed by atoms with Gasteiger partial charge in [-0.05, 0) is 31.8 Å². The molecule has 5 nitrogen and oxygen atoms in total. The second-order valence-corrected chi connectivity index (χ2v) is 11.5. The molecule has 0 saturated heterocycles. The Labute approximate surface area is 143 Å². The number of nitrogens with zero attached hydrogens (tertiary/aromatic N) is 3. The summed E-state index contributed by atoms with van der Waals surface area (Å²) in [6.07, 6.45) is 10.3. The molecule has 2 aromatic heterocycles. The van der Waals surface area contributed by atoms with E-state index in [1.807, 2.05) is 10.6 Å². The quantitative estimate of drug-likeness (QED) is 0.747. The van der Waals surface area contributed by atoms with Crippen LogP contribution in [0.3, 0.4) is 0 Å². The number of pyridine rings is 1. The van der Waals surface area contributed by atoms with Gasteiger partial charge in [-0.1, -0.05) is 11.6 Å². The Bertz CT molecular complexity index is 721. The van der Waals surface area contributed by atoms with E-state index >= 15 is 0 Å². The standard InChI is InChI=1S/C16H24ClN3O2S/c1-12-8-13(9-19(2)16(12)21)15-18-14(17)10-20(15)11-22-6-7-23(3,4)5/h8-10H,6-7,11H2,1-5H3. The maximum Gasteiger partial charge on any atom is 0.253 e. The predicted molar refractivity (Wildman–Crippen MR) is 98.8 cm³/mol. The summed E-state index contributed by atoms with van der Waals surface area (Å²) in [4.78, 5) is 16.2. The Kier molecular flexibility index (Phi) is 5.60. The minimum Gasteiger partial charge on any atom is -0.360 e. The van der Waals surface area contributed by atoms with Crippen molar-refractivity contribution in [2.75, 3.05) is 31.1 Å². The molecule has 0 spiro atoms. The van der Waals surface area contributed by atoms with Crippen molar-refractivity contribution >= 4 is 21.6 Å². The average molecular weight is 358 g/mol. The molecule has 2 rings (SSSR count). The molecule has 0 aliphatic rings. The molecule has 2 aromatic rings. The van der Waals surface area contributed by atoms with E-state index in [2.05, 4.69) is 23.8 Å². The van der Waals surface area contributed by atoms with Gasteiger partial charge in [0.05, 0.1) is 6.61 Å². The fourth-order valence-electron chi connectivity index (χ4n) is 2.18. The van der Waals surface area contributed by atoms with Gasteiger partial charge in [-0.2, -0.15) is 0 Å². The van der Waals surface area contributed by atoms with Gasteiger partial charge >= 0.3 is 0 Å². The minimum absolute atomic E-state index is 0.0117. The summed E-state index contributed by atoms with van der Waals surface area (Å²) in [5.74, 6) is 1.76. The van der Waals surface area contributed by atoms with Crippen LogP contribution in [0.15, 0.2) is 23.3 Å². The van der Waals surface area contributed by atoms with Crippen molar-refractivity contribution in [2.24, 2.45) is 7.05 Å². The van der Waals surface area contributed by atoms with Gasteiger partial charge in [0.25, 0.3) is 5.56 Å². The van der Waals surface area contributed by atoms with Crippen molar-refractivity contribution < 1.29 is 4.74 Å². The molecule has 0 amide bonds. The summed E-state index contributed by atoms with van der Waals surface area (Å²) in [7, 11) is 1.17. The first-order chi connectivity index (χ1) is 10.7. The van der Waals surface area contributed by atoms with E-state index in [4.69, 9.17) is 16.3 Å². The fraction of sp³-hybridized carbons (Fsp3) is 0.500. The molecule has 0 saturated carbocycles. The lowest BCUT2D eigenvalue weighted by molar-refractivity contribution is 0.0907. The lowest BCUT2D eigenvalue weighted by atomic mass is 10.2. The van der Waals surface area contributed by atoms with E-state index in [1.54, 1.807) is 30.9 Å². The van der Waals surface area contributed by atoms with E-state index < -0.39 is 10.0 Å². The SMILES string of the molecule is Cc1cc(-c2nc(Cl)cn2COCCS(C)(C)C)cn(C)c1=O. The van der Waals surface area contributed by atoms with Crippen LogP contribution in [0, 0.1) is 6.92 Å². The third kappa shape index (κ3) is 4.86. The molecule has 0 radical (unpaired) electrons. The van der Waals surface area contributed by atoms with E-state index in [0.29, 0.717) is 29.9 Å².